The van der Waals surface area contributed by atoms with Crippen molar-refractivity contribution in [2.45, 2.75) is 63.1 Å². The standard InChI is InChI=1S/C15H27N3O2/c19-15(17-12-5-2-1-3-6-12)16-9-14-10-18-8-4-7-13(18)11-20-14/h12-14H,1-11H2,(H2,16,17,19)/t13-,14-/m0/s1. The molecule has 5 nitrogen and oxygen atoms in total. The van der Waals surface area contributed by atoms with Crippen molar-refractivity contribution in [1.82, 2.24) is 15.5 Å². The number of morpholine rings is 1. The highest BCUT2D eigenvalue weighted by Gasteiger charge is 2.32. The van der Waals surface area contributed by atoms with Crippen LogP contribution in [0.5, 0.6) is 0 Å². The molecule has 2 saturated heterocycles. The predicted octanol–water partition coefficient (Wildman–Crippen LogP) is 1.48. The van der Waals surface area contributed by atoms with Crippen LogP contribution in [0.1, 0.15) is 44.9 Å². The van der Waals surface area contributed by atoms with Gasteiger partial charge in [-0.3, -0.25) is 4.90 Å². The molecular formula is C15H27N3O2. The topological polar surface area (TPSA) is 53.6 Å². The summed E-state index contributed by atoms with van der Waals surface area (Å²) in [6.07, 6.45) is 8.76. The highest BCUT2D eigenvalue weighted by atomic mass is 16.5. The summed E-state index contributed by atoms with van der Waals surface area (Å²) in [5, 5.41) is 6.06. The maximum Gasteiger partial charge on any atom is 0.315 e. The van der Waals surface area contributed by atoms with Crippen LogP contribution in [-0.4, -0.2) is 55.4 Å². The van der Waals surface area contributed by atoms with Crippen LogP contribution in [-0.2, 0) is 4.74 Å². The summed E-state index contributed by atoms with van der Waals surface area (Å²) < 4.78 is 5.85. The lowest BCUT2D eigenvalue weighted by molar-refractivity contribution is -0.0458. The zero-order valence-electron chi connectivity index (χ0n) is 12.3. The van der Waals surface area contributed by atoms with Gasteiger partial charge in [-0.05, 0) is 32.2 Å². The Hall–Kier alpha value is -0.810. The van der Waals surface area contributed by atoms with Gasteiger partial charge in [-0.2, -0.15) is 0 Å². The summed E-state index contributed by atoms with van der Waals surface area (Å²) in [7, 11) is 0. The predicted molar refractivity (Wildman–Crippen MR) is 77.7 cm³/mol. The minimum atomic E-state index is -0.0240. The smallest absolute Gasteiger partial charge is 0.315 e. The molecule has 0 aromatic heterocycles. The number of fused-ring (bicyclic) bond motifs is 1. The molecule has 0 aromatic carbocycles. The second-order valence-electron chi connectivity index (χ2n) is 6.44. The lowest BCUT2D eigenvalue weighted by Crippen LogP contribution is -2.52. The van der Waals surface area contributed by atoms with Gasteiger partial charge in [0.1, 0.15) is 0 Å². The molecule has 5 heteroatoms. The Labute approximate surface area is 121 Å². The number of hydrogen-bond acceptors (Lipinski definition) is 3. The van der Waals surface area contributed by atoms with E-state index in [9.17, 15) is 4.79 Å². The second kappa shape index (κ2) is 6.76. The molecule has 2 atom stereocenters. The van der Waals surface area contributed by atoms with Crippen molar-refractivity contribution in [1.29, 1.82) is 0 Å². The molecule has 2 aliphatic heterocycles. The Morgan fingerprint density at radius 1 is 1.15 bits per heavy atom. The monoisotopic (exact) mass is 281 g/mol. The molecule has 2 N–H and O–H groups in total. The van der Waals surface area contributed by atoms with Gasteiger partial charge in [0.05, 0.1) is 12.7 Å². The molecule has 3 rings (SSSR count). The Morgan fingerprint density at radius 3 is 2.85 bits per heavy atom. The van der Waals surface area contributed by atoms with E-state index < -0.39 is 0 Å². The van der Waals surface area contributed by atoms with Gasteiger partial charge in [0.25, 0.3) is 0 Å². The summed E-state index contributed by atoms with van der Waals surface area (Å²) in [4.78, 5) is 14.4. The first kappa shape index (κ1) is 14.1. The van der Waals surface area contributed by atoms with Crippen LogP contribution in [0.15, 0.2) is 0 Å². The number of rotatable bonds is 3. The minimum absolute atomic E-state index is 0.0240. The number of amides is 2. The van der Waals surface area contributed by atoms with E-state index in [-0.39, 0.29) is 12.1 Å². The first-order valence-electron chi connectivity index (χ1n) is 8.21. The number of nitrogens with zero attached hydrogens (tertiary/aromatic N) is 1. The Morgan fingerprint density at radius 2 is 2.00 bits per heavy atom. The zero-order valence-corrected chi connectivity index (χ0v) is 12.3. The van der Waals surface area contributed by atoms with Crippen molar-refractivity contribution in [2.24, 2.45) is 0 Å². The van der Waals surface area contributed by atoms with Crippen molar-refractivity contribution in [3.8, 4) is 0 Å². The number of carbonyl (C=O) groups excluding carboxylic acids is 1. The highest BCUT2D eigenvalue weighted by Crippen LogP contribution is 2.22. The average molecular weight is 281 g/mol. The van der Waals surface area contributed by atoms with E-state index in [1.54, 1.807) is 0 Å². The largest absolute Gasteiger partial charge is 0.373 e. The molecule has 1 saturated carbocycles. The summed E-state index contributed by atoms with van der Waals surface area (Å²) in [5.74, 6) is 0. The first-order chi connectivity index (χ1) is 9.81. The van der Waals surface area contributed by atoms with Crippen LogP contribution in [0.2, 0.25) is 0 Å². The fourth-order valence-electron chi connectivity index (χ4n) is 3.70. The van der Waals surface area contributed by atoms with Crippen LogP contribution in [0.25, 0.3) is 0 Å². The fraction of sp³-hybridized carbons (Fsp3) is 0.933. The molecule has 2 heterocycles. The molecule has 0 bridgehead atoms. The van der Waals surface area contributed by atoms with Gasteiger partial charge in [0.15, 0.2) is 0 Å². The molecule has 114 valence electrons. The average Bonchev–Trinajstić information content (AvgIpc) is 2.93. The van der Waals surface area contributed by atoms with Crippen LogP contribution < -0.4 is 10.6 Å². The Kier molecular flexibility index (Phi) is 4.78. The number of nitrogens with one attached hydrogen (secondary N) is 2. The van der Waals surface area contributed by atoms with E-state index in [2.05, 4.69) is 15.5 Å². The Balaban J connectivity index is 1.35. The van der Waals surface area contributed by atoms with Crippen molar-refractivity contribution in [3.63, 3.8) is 0 Å². The normalized spacial score (nSPS) is 31.8. The third-order valence-corrected chi connectivity index (χ3v) is 4.89. The van der Waals surface area contributed by atoms with Gasteiger partial charge in [-0.15, -0.1) is 0 Å². The van der Waals surface area contributed by atoms with E-state index >= 15 is 0 Å². The summed E-state index contributed by atoms with van der Waals surface area (Å²) >= 11 is 0. The van der Waals surface area contributed by atoms with Crippen LogP contribution in [0.4, 0.5) is 4.79 Å². The van der Waals surface area contributed by atoms with E-state index in [1.165, 1.54) is 38.6 Å². The number of urea groups is 1. The van der Waals surface area contributed by atoms with Crippen molar-refractivity contribution in [2.75, 3.05) is 26.2 Å². The summed E-state index contributed by atoms with van der Waals surface area (Å²) in [6.45, 7) is 3.62. The highest BCUT2D eigenvalue weighted by molar-refractivity contribution is 5.74. The minimum Gasteiger partial charge on any atom is -0.373 e. The van der Waals surface area contributed by atoms with E-state index in [0.29, 0.717) is 18.6 Å². The zero-order chi connectivity index (χ0) is 13.8. The molecule has 3 fully saturated rings. The molecule has 3 aliphatic rings. The third kappa shape index (κ3) is 3.64. The fourth-order valence-corrected chi connectivity index (χ4v) is 3.70. The number of hydrogen-bond donors (Lipinski definition) is 2. The maximum atomic E-state index is 11.9. The molecular weight excluding hydrogens is 254 g/mol. The van der Waals surface area contributed by atoms with E-state index in [1.807, 2.05) is 0 Å². The maximum absolute atomic E-state index is 11.9. The molecule has 0 radical (unpaired) electrons. The van der Waals surface area contributed by atoms with Crippen molar-refractivity contribution >= 4 is 6.03 Å². The Bertz CT molecular complexity index is 331. The molecule has 2 amide bonds. The molecule has 20 heavy (non-hydrogen) atoms. The summed E-state index contributed by atoms with van der Waals surface area (Å²) in [5.41, 5.74) is 0. The van der Waals surface area contributed by atoms with Gasteiger partial charge < -0.3 is 15.4 Å². The van der Waals surface area contributed by atoms with Crippen LogP contribution >= 0.6 is 0 Å². The molecule has 0 aromatic rings. The van der Waals surface area contributed by atoms with Crippen LogP contribution in [0.3, 0.4) is 0 Å². The lowest BCUT2D eigenvalue weighted by atomic mass is 9.96. The number of carbonyl (C=O) groups is 1. The lowest BCUT2D eigenvalue weighted by Gasteiger charge is -2.35. The van der Waals surface area contributed by atoms with Gasteiger partial charge in [0, 0.05) is 25.2 Å². The van der Waals surface area contributed by atoms with Gasteiger partial charge in [-0.1, -0.05) is 19.3 Å². The SMILES string of the molecule is O=C(NC[C@H]1CN2CCC[C@H]2CO1)NC1CCCCC1. The van der Waals surface area contributed by atoms with Gasteiger partial charge in [-0.25, -0.2) is 4.79 Å². The quantitative estimate of drug-likeness (QED) is 0.824. The molecule has 1 aliphatic carbocycles. The summed E-state index contributed by atoms with van der Waals surface area (Å²) in [6, 6.07) is 0.977. The van der Waals surface area contributed by atoms with E-state index in [0.717, 1.165) is 26.0 Å². The van der Waals surface area contributed by atoms with Gasteiger partial charge >= 0.3 is 6.03 Å². The first-order valence-corrected chi connectivity index (χ1v) is 8.21. The molecule has 0 unspecified atom stereocenters. The van der Waals surface area contributed by atoms with Gasteiger partial charge in [0.2, 0.25) is 0 Å². The van der Waals surface area contributed by atoms with Crippen LogP contribution in [0, 0.1) is 0 Å². The van der Waals surface area contributed by atoms with Crippen molar-refractivity contribution in [3.05, 3.63) is 0 Å². The van der Waals surface area contributed by atoms with E-state index in [4.69, 9.17) is 4.74 Å². The second-order valence-corrected chi connectivity index (χ2v) is 6.44. The molecule has 0 spiro atoms. The number of ether oxygens (including phenoxy) is 1. The van der Waals surface area contributed by atoms with Crippen molar-refractivity contribution < 1.29 is 9.53 Å². The third-order valence-electron chi connectivity index (χ3n) is 4.89.